The molecule has 0 radical (unpaired) electrons. The highest BCUT2D eigenvalue weighted by Crippen LogP contribution is 2.58. The van der Waals surface area contributed by atoms with Crippen molar-refractivity contribution in [3.05, 3.63) is 133 Å². The molecule has 0 aliphatic heterocycles. The van der Waals surface area contributed by atoms with E-state index in [4.69, 9.17) is 0 Å². The molecule has 4 nitrogen and oxygen atoms in total. The van der Waals surface area contributed by atoms with Crippen molar-refractivity contribution in [2.75, 3.05) is 0 Å². The average molecular weight is 459 g/mol. The molecule has 0 fully saturated rings. The van der Waals surface area contributed by atoms with Crippen LogP contribution in [0, 0.1) is 0 Å². The van der Waals surface area contributed by atoms with Crippen LogP contribution in [0.15, 0.2) is 128 Å². The molecule has 1 heterocycles. The van der Waals surface area contributed by atoms with Crippen molar-refractivity contribution in [3.63, 3.8) is 0 Å². The first-order valence-corrected chi connectivity index (χ1v) is 12.1. The summed E-state index contributed by atoms with van der Waals surface area (Å²) in [5, 5.41) is 16.4. The second kappa shape index (κ2) is 11.9. The van der Waals surface area contributed by atoms with Gasteiger partial charge >= 0.3 is 0 Å². The lowest BCUT2D eigenvalue weighted by Crippen LogP contribution is -3.00. The molecule has 4 aromatic carbocycles. The first-order valence-electron chi connectivity index (χ1n) is 10.2. The lowest BCUT2D eigenvalue weighted by atomic mass is 10.2. The fraction of sp³-hybridized carbons (Fsp3) is 0.0385. The SMILES string of the molecule is [Cl-].c1ccc(C[P+](c2ccccc2)(c2ccccc2)c2ccccc2)cc1.c1nnn[nH]1. The Morgan fingerprint density at radius 2 is 0.969 bits per heavy atom. The van der Waals surface area contributed by atoms with E-state index in [9.17, 15) is 0 Å². The molecule has 0 aliphatic rings. The Hall–Kier alpha value is -3.33. The molecular weight excluding hydrogens is 435 g/mol. The van der Waals surface area contributed by atoms with Crippen molar-refractivity contribution in [1.29, 1.82) is 0 Å². The molecule has 0 saturated heterocycles. The number of aromatic nitrogens is 4. The van der Waals surface area contributed by atoms with E-state index in [0.717, 1.165) is 6.16 Å². The number of rotatable bonds is 5. The molecule has 0 amide bonds. The van der Waals surface area contributed by atoms with Gasteiger partial charge in [-0.2, -0.15) is 0 Å². The van der Waals surface area contributed by atoms with E-state index in [1.165, 1.54) is 27.8 Å². The van der Waals surface area contributed by atoms with Crippen LogP contribution < -0.4 is 28.3 Å². The standard InChI is InChI=1S/C25H22P.CH2N4.ClH/c1-5-13-22(14-6-1)21-26(23-15-7-2-8-16-23,24-17-9-3-10-18-24)25-19-11-4-12-20-25;1-2-4-5-3-1;/h1-20H,21H2;1H,(H,2,3,4,5);1H/q+1;;/p-1. The summed E-state index contributed by atoms with van der Waals surface area (Å²) in [6.07, 6.45) is 2.44. The molecule has 0 saturated carbocycles. The van der Waals surface area contributed by atoms with Gasteiger partial charge in [0.2, 0.25) is 0 Å². The van der Waals surface area contributed by atoms with Crippen LogP contribution in [0.5, 0.6) is 0 Å². The number of nitrogens with one attached hydrogen (secondary N) is 1. The Morgan fingerprint density at radius 1 is 0.562 bits per heavy atom. The number of tetrazole rings is 1. The maximum atomic E-state index is 3.31. The monoisotopic (exact) mass is 458 g/mol. The van der Waals surface area contributed by atoms with Gasteiger partial charge in [-0.1, -0.05) is 84.9 Å². The predicted octanol–water partition coefficient (Wildman–Crippen LogP) is 1.38. The molecule has 32 heavy (non-hydrogen) atoms. The largest absolute Gasteiger partial charge is 1.00 e. The molecular formula is C26H24ClN4P. The van der Waals surface area contributed by atoms with Gasteiger partial charge in [0.05, 0.1) is 6.16 Å². The molecule has 5 aromatic rings. The third kappa shape index (κ3) is 5.47. The van der Waals surface area contributed by atoms with E-state index in [1.807, 2.05) is 0 Å². The zero-order valence-corrected chi connectivity index (χ0v) is 19.1. The summed E-state index contributed by atoms with van der Waals surface area (Å²) in [7, 11) is -1.78. The van der Waals surface area contributed by atoms with Gasteiger partial charge in [-0.15, -0.1) is 5.10 Å². The van der Waals surface area contributed by atoms with Crippen molar-refractivity contribution in [2.24, 2.45) is 0 Å². The van der Waals surface area contributed by atoms with Gasteiger partial charge in [0.15, 0.2) is 0 Å². The van der Waals surface area contributed by atoms with E-state index < -0.39 is 7.26 Å². The smallest absolute Gasteiger partial charge is 0.135 e. The Kier molecular flexibility index (Phi) is 8.68. The minimum Gasteiger partial charge on any atom is -1.00 e. The van der Waals surface area contributed by atoms with Crippen LogP contribution in [0.25, 0.3) is 0 Å². The Balaban J connectivity index is 0.000000427. The minimum atomic E-state index is -1.78. The maximum Gasteiger partial charge on any atom is 0.135 e. The van der Waals surface area contributed by atoms with Crippen molar-refractivity contribution in [1.82, 2.24) is 20.6 Å². The van der Waals surface area contributed by atoms with E-state index in [2.05, 4.69) is 142 Å². The summed E-state index contributed by atoms with van der Waals surface area (Å²) < 4.78 is 0. The van der Waals surface area contributed by atoms with E-state index in [1.54, 1.807) is 0 Å². The number of hydrogen-bond acceptors (Lipinski definition) is 3. The second-order valence-corrected chi connectivity index (χ2v) is 10.5. The van der Waals surface area contributed by atoms with E-state index in [0.29, 0.717) is 0 Å². The zero-order chi connectivity index (χ0) is 21.2. The van der Waals surface area contributed by atoms with Gasteiger partial charge < -0.3 is 12.4 Å². The Bertz CT molecular complexity index is 1030. The number of aromatic amines is 1. The van der Waals surface area contributed by atoms with Crippen molar-refractivity contribution >= 4 is 23.2 Å². The molecule has 1 N–H and O–H groups in total. The molecule has 0 bridgehead atoms. The van der Waals surface area contributed by atoms with Crippen LogP contribution in [-0.4, -0.2) is 20.6 Å². The molecule has 0 atom stereocenters. The van der Waals surface area contributed by atoms with Gasteiger partial charge in [-0.25, -0.2) is 5.10 Å². The summed E-state index contributed by atoms with van der Waals surface area (Å²) in [6, 6.07) is 44.0. The first kappa shape index (κ1) is 23.3. The van der Waals surface area contributed by atoms with Crippen LogP contribution in [0.4, 0.5) is 0 Å². The van der Waals surface area contributed by atoms with Crippen molar-refractivity contribution in [2.45, 2.75) is 6.16 Å². The second-order valence-electron chi connectivity index (χ2n) is 7.02. The lowest BCUT2D eigenvalue weighted by molar-refractivity contribution is -0.00000627. The van der Waals surface area contributed by atoms with Crippen LogP contribution >= 0.6 is 7.26 Å². The number of nitrogens with zero attached hydrogens (tertiary/aromatic N) is 3. The number of hydrogen-bond donors (Lipinski definition) is 1. The highest BCUT2D eigenvalue weighted by molar-refractivity contribution is 7.95. The molecule has 0 unspecified atom stereocenters. The highest BCUT2D eigenvalue weighted by atomic mass is 35.5. The van der Waals surface area contributed by atoms with Gasteiger partial charge in [-0.05, 0) is 52.4 Å². The Morgan fingerprint density at radius 3 is 1.28 bits per heavy atom. The third-order valence-corrected chi connectivity index (χ3v) is 9.50. The maximum absolute atomic E-state index is 3.31. The summed E-state index contributed by atoms with van der Waals surface area (Å²) in [4.78, 5) is 0. The molecule has 5 rings (SSSR count). The fourth-order valence-corrected chi connectivity index (χ4v) is 8.00. The quantitative estimate of drug-likeness (QED) is 0.405. The Labute approximate surface area is 195 Å². The van der Waals surface area contributed by atoms with E-state index >= 15 is 0 Å². The van der Waals surface area contributed by atoms with Crippen molar-refractivity contribution < 1.29 is 12.4 Å². The van der Waals surface area contributed by atoms with Crippen LogP contribution in [0.3, 0.4) is 0 Å². The lowest BCUT2D eigenvalue weighted by Gasteiger charge is -2.27. The average Bonchev–Trinajstić information content (AvgIpc) is 3.45. The molecule has 0 spiro atoms. The molecule has 1 aromatic heterocycles. The summed E-state index contributed by atoms with van der Waals surface area (Å²) in [6.45, 7) is 0. The van der Waals surface area contributed by atoms with Crippen LogP contribution in [0.1, 0.15) is 5.56 Å². The first-order chi connectivity index (χ1) is 15.4. The summed E-state index contributed by atoms with van der Waals surface area (Å²) in [5.41, 5.74) is 1.39. The molecule has 160 valence electrons. The van der Waals surface area contributed by atoms with E-state index in [-0.39, 0.29) is 12.4 Å². The van der Waals surface area contributed by atoms with Crippen LogP contribution in [-0.2, 0) is 6.16 Å². The number of benzene rings is 4. The highest BCUT2D eigenvalue weighted by Gasteiger charge is 2.45. The predicted molar refractivity (Wildman–Crippen MR) is 129 cm³/mol. The van der Waals surface area contributed by atoms with Gasteiger partial charge in [0.1, 0.15) is 29.5 Å². The van der Waals surface area contributed by atoms with Gasteiger partial charge in [-0.3, -0.25) is 0 Å². The topological polar surface area (TPSA) is 54.5 Å². The summed E-state index contributed by atoms with van der Waals surface area (Å²) >= 11 is 0. The zero-order valence-electron chi connectivity index (χ0n) is 17.5. The van der Waals surface area contributed by atoms with Crippen LogP contribution in [0.2, 0.25) is 0 Å². The molecule has 6 heteroatoms. The minimum absolute atomic E-state index is 0. The third-order valence-electron chi connectivity index (χ3n) is 5.12. The number of H-pyrrole nitrogens is 1. The normalized spacial score (nSPS) is 10.4. The molecule has 0 aliphatic carbocycles. The fourth-order valence-electron chi connectivity index (χ4n) is 3.75. The van der Waals surface area contributed by atoms with Crippen molar-refractivity contribution in [3.8, 4) is 0 Å². The summed E-state index contributed by atoms with van der Waals surface area (Å²) in [5.74, 6) is 0. The van der Waals surface area contributed by atoms with Gasteiger partial charge in [0, 0.05) is 0 Å². The van der Waals surface area contributed by atoms with Gasteiger partial charge in [0.25, 0.3) is 0 Å². The number of halogens is 1.